The predicted octanol–water partition coefficient (Wildman–Crippen LogP) is 3.09. The molecule has 0 aromatic rings. The fraction of sp³-hybridized carbons (Fsp3) is 0.611. The summed E-state index contributed by atoms with van der Waals surface area (Å²) in [6.07, 6.45) is 7.79. The average molecular weight is 707 g/mol. The topological polar surface area (TPSA) is 176 Å². The van der Waals surface area contributed by atoms with Crippen LogP contribution in [-0.4, -0.2) is 103 Å². The molecule has 14 nitrogen and oxygen atoms in total. The molecule has 2 saturated carbocycles. The summed E-state index contributed by atoms with van der Waals surface area (Å²) in [7, 11) is 2.82. The van der Waals surface area contributed by atoms with E-state index in [1.54, 1.807) is 0 Å². The maximum Gasteiger partial charge on any atom is 0.330 e. The second-order valence-electron chi connectivity index (χ2n) is 12.7. The van der Waals surface area contributed by atoms with Crippen molar-refractivity contribution in [1.82, 2.24) is 0 Å². The minimum Gasteiger partial charge on any atom is -0.464 e. The Bertz CT molecular complexity index is 1100. The van der Waals surface area contributed by atoms with Gasteiger partial charge in [0.25, 0.3) is 0 Å². The third kappa shape index (κ3) is 12.5. The van der Waals surface area contributed by atoms with Gasteiger partial charge in [-0.25, -0.2) is 19.2 Å². The van der Waals surface area contributed by atoms with Crippen LogP contribution in [0.1, 0.15) is 38.5 Å². The van der Waals surface area contributed by atoms with Gasteiger partial charge in [-0.2, -0.15) is 0 Å². The standard InChI is InChI=1S/C36H50O14/c1-7-29(37)45-19-35(17-43-5,20-46-30(38)8-2)23-49-33(41)27-15-16-28(26-14-12-11-13-25(26)27)34(42)50-24-36(18-44-6,21-47-31(39)9-3)22-48-32(40)10-4/h7-10,25-28H,1-4,11-24H2,5-6H3. The summed E-state index contributed by atoms with van der Waals surface area (Å²) in [4.78, 5) is 74.8. The Labute approximate surface area is 293 Å². The van der Waals surface area contributed by atoms with E-state index in [9.17, 15) is 28.8 Å². The van der Waals surface area contributed by atoms with E-state index in [2.05, 4.69) is 26.3 Å². The normalized spacial score (nSPS) is 20.1. The van der Waals surface area contributed by atoms with Gasteiger partial charge in [-0.1, -0.05) is 39.2 Å². The molecule has 4 atom stereocenters. The van der Waals surface area contributed by atoms with Gasteiger partial charge in [-0.15, -0.1) is 0 Å². The zero-order chi connectivity index (χ0) is 37.2. The van der Waals surface area contributed by atoms with E-state index < -0.39 is 58.5 Å². The Morgan fingerprint density at radius 2 is 0.760 bits per heavy atom. The van der Waals surface area contributed by atoms with Crippen molar-refractivity contribution in [2.24, 2.45) is 34.5 Å². The fourth-order valence-corrected chi connectivity index (χ4v) is 6.47. The van der Waals surface area contributed by atoms with Gasteiger partial charge >= 0.3 is 35.8 Å². The Hall–Kier alpha value is -4.30. The average Bonchev–Trinajstić information content (AvgIpc) is 3.14. The lowest BCUT2D eigenvalue weighted by Gasteiger charge is -2.44. The molecule has 0 N–H and O–H groups in total. The molecule has 0 saturated heterocycles. The van der Waals surface area contributed by atoms with Crippen molar-refractivity contribution in [2.45, 2.75) is 38.5 Å². The van der Waals surface area contributed by atoms with Crippen molar-refractivity contribution in [3.63, 3.8) is 0 Å². The van der Waals surface area contributed by atoms with E-state index in [0.717, 1.165) is 37.1 Å². The maximum absolute atomic E-state index is 13.7. The predicted molar refractivity (Wildman–Crippen MR) is 177 cm³/mol. The summed E-state index contributed by atoms with van der Waals surface area (Å²) in [5, 5.41) is 0. The number of methoxy groups -OCH3 is 2. The zero-order valence-electron chi connectivity index (χ0n) is 29.1. The van der Waals surface area contributed by atoms with Gasteiger partial charge in [0, 0.05) is 38.5 Å². The Morgan fingerprint density at radius 1 is 0.480 bits per heavy atom. The molecular formula is C36H50O14. The van der Waals surface area contributed by atoms with Crippen LogP contribution in [0.2, 0.25) is 0 Å². The first kappa shape index (κ1) is 41.9. The van der Waals surface area contributed by atoms with Crippen molar-refractivity contribution in [3.8, 4) is 0 Å². The SMILES string of the molecule is C=CC(=O)OCC(COC)(COC(=O)C=C)COC(=O)C1CCC(C(=O)OCC(COC)(COC(=O)C=C)COC(=O)C=C)C2CCCCC12. The van der Waals surface area contributed by atoms with E-state index in [1.807, 2.05) is 0 Å². The zero-order valence-corrected chi connectivity index (χ0v) is 29.1. The Morgan fingerprint density at radius 3 is 1.02 bits per heavy atom. The highest BCUT2D eigenvalue weighted by Gasteiger charge is 2.48. The Kier molecular flexibility index (Phi) is 17.6. The number of hydrogen-bond acceptors (Lipinski definition) is 14. The van der Waals surface area contributed by atoms with E-state index in [1.165, 1.54) is 14.2 Å². The first-order chi connectivity index (χ1) is 23.9. The lowest BCUT2D eigenvalue weighted by molar-refractivity contribution is -0.176. The second kappa shape index (κ2) is 21.0. The van der Waals surface area contributed by atoms with Gasteiger partial charge in [0.1, 0.15) is 39.6 Å². The van der Waals surface area contributed by atoms with Crippen LogP contribution in [0.5, 0.6) is 0 Å². The van der Waals surface area contributed by atoms with Crippen molar-refractivity contribution >= 4 is 35.8 Å². The number of esters is 6. The smallest absolute Gasteiger partial charge is 0.330 e. The molecule has 0 amide bonds. The molecule has 0 aromatic heterocycles. The van der Waals surface area contributed by atoms with Gasteiger partial charge in [-0.3, -0.25) is 9.59 Å². The van der Waals surface area contributed by atoms with Crippen molar-refractivity contribution in [2.75, 3.05) is 67.1 Å². The van der Waals surface area contributed by atoms with E-state index in [0.29, 0.717) is 25.7 Å². The lowest BCUT2D eigenvalue weighted by atomic mass is 9.61. The van der Waals surface area contributed by atoms with Crippen LogP contribution < -0.4 is 0 Å². The van der Waals surface area contributed by atoms with Crippen LogP contribution in [0, 0.1) is 34.5 Å². The largest absolute Gasteiger partial charge is 0.464 e. The van der Waals surface area contributed by atoms with E-state index >= 15 is 0 Å². The number of fused-ring (bicyclic) bond motifs is 1. The van der Waals surface area contributed by atoms with E-state index in [-0.39, 0.29) is 64.7 Å². The molecule has 0 aliphatic heterocycles. The van der Waals surface area contributed by atoms with Gasteiger partial charge < -0.3 is 37.9 Å². The second-order valence-corrected chi connectivity index (χ2v) is 12.7. The summed E-state index contributed by atoms with van der Waals surface area (Å²) in [5.41, 5.74) is -2.41. The molecule has 278 valence electrons. The van der Waals surface area contributed by atoms with Crippen LogP contribution in [0.3, 0.4) is 0 Å². The van der Waals surface area contributed by atoms with Crippen LogP contribution in [-0.2, 0) is 66.7 Å². The maximum atomic E-state index is 13.7. The summed E-state index contributed by atoms with van der Waals surface area (Å²) in [6.45, 7) is 11.7. The van der Waals surface area contributed by atoms with Crippen molar-refractivity contribution in [1.29, 1.82) is 0 Å². The number of ether oxygens (including phenoxy) is 8. The first-order valence-corrected chi connectivity index (χ1v) is 16.4. The molecule has 4 unspecified atom stereocenters. The highest BCUT2D eigenvalue weighted by Crippen LogP contribution is 2.48. The number of carbonyl (C=O) groups excluding carboxylic acids is 6. The molecule has 50 heavy (non-hydrogen) atoms. The van der Waals surface area contributed by atoms with Crippen LogP contribution in [0.15, 0.2) is 50.6 Å². The third-order valence-corrected chi connectivity index (χ3v) is 8.99. The molecule has 2 fully saturated rings. The minimum absolute atomic E-state index is 0.0656. The highest BCUT2D eigenvalue weighted by atomic mass is 16.6. The third-order valence-electron chi connectivity index (χ3n) is 8.99. The molecular weight excluding hydrogens is 656 g/mol. The first-order valence-electron chi connectivity index (χ1n) is 16.4. The van der Waals surface area contributed by atoms with Crippen molar-refractivity contribution < 1.29 is 66.7 Å². The Balaban J connectivity index is 2.20. The molecule has 0 heterocycles. The van der Waals surface area contributed by atoms with Gasteiger partial charge in [0.15, 0.2) is 0 Å². The lowest BCUT2D eigenvalue weighted by Crippen LogP contribution is -2.47. The number of hydrogen-bond donors (Lipinski definition) is 0. The summed E-state index contributed by atoms with van der Waals surface area (Å²) >= 11 is 0. The molecule has 0 radical (unpaired) electrons. The monoisotopic (exact) mass is 706 g/mol. The summed E-state index contributed by atoms with van der Waals surface area (Å²) in [5.74, 6) is -5.16. The summed E-state index contributed by atoms with van der Waals surface area (Å²) in [6, 6.07) is 0. The molecule has 2 rings (SSSR count). The van der Waals surface area contributed by atoms with Crippen LogP contribution in [0.25, 0.3) is 0 Å². The number of carbonyl (C=O) groups is 6. The molecule has 0 bridgehead atoms. The molecule has 0 aromatic carbocycles. The van der Waals surface area contributed by atoms with Crippen LogP contribution >= 0.6 is 0 Å². The van der Waals surface area contributed by atoms with Gasteiger partial charge in [0.05, 0.1) is 35.9 Å². The molecule has 2 aliphatic rings. The molecule has 0 spiro atoms. The quantitative estimate of drug-likeness (QED) is 0.0912. The van der Waals surface area contributed by atoms with Crippen molar-refractivity contribution in [3.05, 3.63) is 50.6 Å². The number of rotatable bonds is 22. The fourth-order valence-electron chi connectivity index (χ4n) is 6.47. The highest BCUT2D eigenvalue weighted by molar-refractivity contribution is 5.82. The van der Waals surface area contributed by atoms with Gasteiger partial charge in [-0.05, 0) is 37.5 Å². The van der Waals surface area contributed by atoms with Crippen LogP contribution in [0.4, 0.5) is 0 Å². The minimum atomic E-state index is -1.20. The van der Waals surface area contributed by atoms with E-state index in [4.69, 9.17) is 37.9 Å². The summed E-state index contributed by atoms with van der Waals surface area (Å²) < 4.78 is 43.3. The molecule has 14 heteroatoms. The molecule has 2 aliphatic carbocycles. The van der Waals surface area contributed by atoms with Gasteiger partial charge in [0.2, 0.25) is 0 Å².